The summed E-state index contributed by atoms with van der Waals surface area (Å²) in [5.41, 5.74) is 0.917. The summed E-state index contributed by atoms with van der Waals surface area (Å²) in [6.45, 7) is 3.02. The maximum absolute atomic E-state index is 11.6. The standard InChI is InChI=1S/C10H13NO4S/c1-7-3-5-9(6-4-7)16(14,15)11-10(13)8(2)12/h3-6,8,12H,1-2H3,(H,11,13)/t8-/m0/s1. The number of aryl methyl sites for hydroxylation is 1. The Morgan fingerprint density at radius 3 is 2.25 bits per heavy atom. The first-order valence-electron chi connectivity index (χ1n) is 4.64. The molecule has 0 saturated heterocycles. The number of aliphatic hydroxyl groups excluding tert-OH is 1. The molecule has 1 amide bonds. The average Bonchev–Trinajstić information content (AvgIpc) is 2.17. The Morgan fingerprint density at radius 1 is 1.31 bits per heavy atom. The number of nitrogens with one attached hydrogen (secondary N) is 1. The highest BCUT2D eigenvalue weighted by molar-refractivity contribution is 7.90. The summed E-state index contributed by atoms with van der Waals surface area (Å²) in [6.07, 6.45) is -1.36. The molecule has 1 aromatic carbocycles. The van der Waals surface area contributed by atoms with Crippen LogP contribution in [0.5, 0.6) is 0 Å². The second-order valence-corrected chi connectivity index (χ2v) is 5.14. The predicted molar refractivity (Wildman–Crippen MR) is 58.2 cm³/mol. The van der Waals surface area contributed by atoms with E-state index in [0.717, 1.165) is 5.56 Å². The molecule has 0 aliphatic heterocycles. The van der Waals surface area contributed by atoms with Crippen molar-refractivity contribution >= 4 is 15.9 Å². The molecule has 88 valence electrons. The molecule has 0 fully saturated rings. The lowest BCUT2D eigenvalue weighted by atomic mass is 10.2. The molecule has 5 nitrogen and oxygen atoms in total. The molecule has 1 rings (SSSR count). The molecule has 0 unspecified atom stereocenters. The summed E-state index contributed by atoms with van der Waals surface area (Å²) in [5.74, 6) is -0.944. The van der Waals surface area contributed by atoms with Crippen molar-refractivity contribution in [1.82, 2.24) is 4.72 Å². The zero-order valence-corrected chi connectivity index (χ0v) is 9.78. The quantitative estimate of drug-likeness (QED) is 0.793. The molecule has 0 bridgehead atoms. The van der Waals surface area contributed by atoms with Gasteiger partial charge in [-0.15, -0.1) is 0 Å². The molecular weight excluding hydrogens is 230 g/mol. The average molecular weight is 243 g/mol. The number of rotatable bonds is 3. The minimum absolute atomic E-state index is 0.00731. The minimum Gasteiger partial charge on any atom is -0.384 e. The van der Waals surface area contributed by atoms with Gasteiger partial charge in [0.05, 0.1) is 4.90 Å². The van der Waals surface area contributed by atoms with Crippen LogP contribution >= 0.6 is 0 Å². The Balaban J connectivity index is 2.95. The van der Waals surface area contributed by atoms with Gasteiger partial charge in [0.1, 0.15) is 6.10 Å². The van der Waals surface area contributed by atoms with Gasteiger partial charge in [-0.25, -0.2) is 13.1 Å². The van der Waals surface area contributed by atoms with Crippen LogP contribution in [0.2, 0.25) is 0 Å². The van der Waals surface area contributed by atoms with Crippen molar-refractivity contribution in [3.05, 3.63) is 29.8 Å². The fraction of sp³-hybridized carbons (Fsp3) is 0.300. The first-order chi connectivity index (χ1) is 7.33. The van der Waals surface area contributed by atoms with Gasteiger partial charge in [0.25, 0.3) is 15.9 Å². The molecule has 0 saturated carbocycles. The highest BCUT2D eigenvalue weighted by Gasteiger charge is 2.19. The molecule has 1 aromatic rings. The van der Waals surface area contributed by atoms with Gasteiger partial charge in [0, 0.05) is 0 Å². The maximum Gasteiger partial charge on any atom is 0.264 e. The van der Waals surface area contributed by atoms with E-state index in [-0.39, 0.29) is 4.90 Å². The Hall–Kier alpha value is -1.40. The number of carbonyl (C=O) groups excluding carboxylic acids is 1. The van der Waals surface area contributed by atoms with Gasteiger partial charge in [-0.1, -0.05) is 17.7 Å². The van der Waals surface area contributed by atoms with Crippen LogP contribution in [0.15, 0.2) is 29.2 Å². The third kappa shape index (κ3) is 3.04. The Labute approximate surface area is 94.2 Å². The zero-order valence-electron chi connectivity index (χ0n) is 8.97. The summed E-state index contributed by atoms with van der Waals surface area (Å²) in [4.78, 5) is 11.1. The van der Waals surface area contributed by atoms with Crippen LogP contribution in [0, 0.1) is 6.92 Å². The lowest BCUT2D eigenvalue weighted by Gasteiger charge is -2.08. The summed E-state index contributed by atoms with van der Waals surface area (Å²) in [5, 5.41) is 8.90. The SMILES string of the molecule is Cc1ccc(S(=O)(=O)NC(=O)[C@H](C)O)cc1. The minimum atomic E-state index is -3.88. The van der Waals surface area contributed by atoms with E-state index in [1.165, 1.54) is 19.1 Å². The molecule has 0 heterocycles. The van der Waals surface area contributed by atoms with Gasteiger partial charge in [-0.2, -0.15) is 0 Å². The van der Waals surface area contributed by atoms with Crippen LogP contribution in [0.4, 0.5) is 0 Å². The Morgan fingerprint density at radius 2 is 1.81 bits per heavy atom. The van der Waals surface area contributed by atoms with Crippen LogP contribution in [0.25, 0.3) is 0 Å². The van der Waals surface area contributed by atoms with Crippen molar-refractivity contribution in [1.29, 1.82) is 0 Å². The van der Waals surface area contributed by atoms with Gasteiger partial charge in [0.2, 0.25) is 0 Å². The highest BCUT2D eigenvalue weighted by atomic mass is 32.2. The van der Waals surface area contributed by atoms with E-state index in [0.29, 0.717) is 0 Å². The molecule has 16 heavy (non-hydrogen) atoms. The molecular formula is C10H13NO4S. The Bertz CT molecular complexity index is 476. The number of hydrogen-bond donors (Lipinski definition) is 2. The highest BCUT2D eigenvalue weighted by Crippen LogP contribution is 2.09. The third-order valence-corrected chi connectivity index (χ3v) is 3.31. The molecule has 0 aliphatic rings. The predicted octanol–water partition coefficient (Wildman–Crippen LogP) is 0.181. The van der Waals surface area contributed by atoms with Gasteiger partial charge in [-0.3, -0.25) is 4.79 Å². The molecule has 0 radical (unpaired) electrons. The van der Waals surface area contributed by atoms with Crippen LogP contribution in [0.1, 0.15) is 12.5 Å². The van der Waals surface area contributed by atoms with Crippen molar-refractivity contribution in [3.63, 3.8) is 0 Å². The normalized spacial score (nSPS) is 13.2. The second kappa shape index (κ2) is 4.63. The summed E-state index contributed by atoms with van der Waals surface area (Å²) >= 11 is 0. The molecule has 0 spiro atoms. The van der Waals surface area contributed by atoms with Gasteiger partial charge >= 0.3 is 0 Å². The summed E-state index contributed by atoms with van der Waals surface area (Å²) < 4.78 is 25.0. The molecule has 1 atom stereocenters. The molecule has 6 heteroatoms. The van der Waals surface area contributed by atoms with Crippen LogP contribution in [-0.2, 0) is 14.8 Å². The fourth-order valence-corrected chi connectivity index (χ4v) is 2.04. The molecule has 0 aromatic heterocycles. The zero-order chi connectivity index (χ0) is 12.3. The van der Waals surface area contributed by atoms with Crippen LogP contribution < -0.4 is 4.72 Å². The van der Waals surface area contributed by atoms with E-state index in [2.05, 4.69) is 0 Å². The van der Waals surface area contributed by atoms with Crippen molar-refractivity contribution in [2.45, 2.75) is 24.8 Å². The fourth-order valence-electron chi connectivity index (χ4n) is 0.994. The number of sulfonamides is 1. The number of carbonyl (C=O) groups is 1. The van der Waals surface area contributed by atoms with E-state index < -0.39 is 22.0 Å². The van der Waals surface area contributed by atoms with E-state index in [1.54, 1.807) is 16.9 Å². The van der Waals surface area contributed by atoms with Crippen molar-refractivity contribution < 1.29 is 18.3 Å². The van der Waals surface area contributed by atoms with Gasteiger partial charge in [-0.05, 0) is 26.0 Å². The first-order valence-corrected chi connectivity index (χ1v) is 6.12. The first kappa shape index (κ1) is 12.7. The number of aliphatic hydroxyl groups is 1. The Kier molecular flexibility index (Phi) is 3.66. The lowest BCUT2D eigenvalue weighted by Crippen LogP contribution is -2.37. The molecule has 0 aliphatic carbocycles. The van der Waals surface area contributed by atoms with E-state index in [1.807, 2.05) is 6.92 Å². The number of benzene rings is 1. The summed E-state index contributed by atoms with van der Waals surface area (Å²) in [6, 6.07) is 6.04. The lowest BCUT2D eigenvalue weighted by molar-refractivity contribution is -0.126. The van der Waals surface area contributed by atoms with Crippen LogP contribution in [-0.4, -0.2) is 25.5 Å². The monoisotopic (exact) mass is 243 g/mol. The van der Waals surface area contributed by atoms with Crippen LogP contribution in [0.3, 0.4) is 0 Å². The molecule has 2 N–H and O–H groups in total. The van der Waals surface area contributed by atoms with E-state index >= 15 is 0 Å². The van der Waals surface area contributed by atoms with E-state index in [9.17, 15) is 13.2 Å². The van der Waals surface area contributed by atoms with Crippen molar-refractivity contribution in [2.24, 2.45) is 0 Å². The number of hydrogen-bond acceptors (Lipinski definition) is 4. The van der Waals surface area contributed by atoms with Gasteiger partial charge in [0.15, 0.2) is 0 Å². The number of amides is 1. The van der Waals surface area contributed by atoms with E-state index in [4.69, 9.17) is 5.11 Å². The largest absolute Gasteiger partial charge is 0.384 e. The van der Waals surface area contributed by atoms with Crippen molar-refractivity contribution in [3.8, 4) is 0 Å². The van der Waals surface area contributed by atoms with Gasteiger partial charge < -0.3 is 5.11 Å². The topological polar surface area (TPSA) is 83.5 Å². The third-order valence-electron chi connectivity index (χ3n) is 1.95. The maximum atomic E-state index is 11.6. The smallest absolute Gasteiger partial charge is 0.264 e. The second-order valence-electron chi connectivity index (χ2n) is 3.46. The van der Waals surface area contributed by atoms with Crippen molar-refractivity contribution in [2.75, 3.05) is 0 Å². The summed E-state index contributed by atoms with van der Waals surface area (Å²) in [7, 11) is -3.88.